The predicted molar refractivity (Wildman–Crippen MR) is 80.5 cm³/mol. The van der Waals surface area contributed by atoms with Crippen LogP contribution in [-0.2, 0) is 9.53 Å². The van der Waals surface area contributed by atoms with Crippen LogP contribution in [0, 0.1) is 5.92 Å². The summed E-state index contributed by atoms with van der Waals surface area (Å²) in [5.41, 5.74) is 5.77. The van der Waals surface area contributed by atoms with E-state index in [2.05, 4.69) is 12.2 Å². The third kappa shape index (κ3) is 7.75. The van der Waals surface area contributed by atoms with Gasteiger partial charge in [-0.2, -0.15) is 0 Å². The molecule has 114 valence electrons. The van der Waals surface area contributed by atoms with E-state index in [4.69, 9.17) is 10.5 Å². The van der Waals surface area contributed by atoms with Gasteiger partial charge in [-0.25, -0.2) is 0 Å². The molecule has 1 atom stereocenters. The van der Waals surface area contributed by atoms with Crippen molar-refractivity contribution in [3.63, 3.8) is 0 Å². The lowest BCUT2D eigenvalue weighted by molar-refractivity contribution is -0.126. The minimum absolute atomic E-state index is 0. The van der Waals surface area contributed by atoms with Gasteiger partial charge in [-0.05, 0) is 25.2 Å². The van der Waals surface area contributed by atoms with E-state index >= 15 is 0 Å². The Hall–Kier alpha value is -0.320. The van der Waals surface area contributed by atoms with Crippen molar-refractivity contribution >= 4 is 18.3 Å². The van der Waals surface area contributed by atoms with E-state index in [9.17, 15) is 4.79 Å². The summed E-state index contributed by atoms with van der Waals surface area (Å²) in [5, 5.41) is 3.02. The zero-order valence-electron chi connectivity index (χ0n) is 12.0. The van der Waals surface area contributed by atoms with Crippen LogP contribution in [0.4, 0.5) is 0 Å². The molecule has 0 aromatic heterocycles. The van der Waals surface area contributed by atoms with Crippen LogP contribution in [0.25, 0.3) is 0 Å². The van der Waals surface area contributed by atoms with Crippen LogP contribution in [0.5, 0.6) is 0 Å². The first-order valence-electron chi connectivity index (χ1n) is 7.35. The molecule has 0 spiro atoms. The Morgan fingerprint density at radius 1 is 1.37 bits per heavy atom. The maximum atomic E-state index is 11.7. The number of hydrogen-bond donors (Lipinski definition) is 2. The van der Waals surface area contributed by atoms with Crippen molar-refractivity contribution < 1.29 is 9.53 Å². The second kappa shape index (κ2) is 11.5. The second-order valence-electron chi connectivity index (χ2n) is 5.21. The minimum Gasteiger partial charge on any atom is -0.372 e. The molecule has 5 heteroatoms. The molecule has 1 aliphatic carbocycles. The average Bonchev–Trinajstić information content (AvgIpc) is 2.42. The molecule has 3 N–H and O–H groups in total. The first kappa shape index (κ1) is 18.7. The third-order valence-electron chi connectivity index (χ3n) is 3.69. The first-order chi connectivity index (χ1) is 8.77. The first-order valence-corrected chi connectivity index (χ1v) is 7.35. The highest BCUT2D eigenvalue weighted by Gasteiger charge is 2.23. The molecular formula is C14H29ClN2O2. The molecule has 0 aromatic carbocycles. The number of halogens is 1. The summed E-state index contributed by atoms with van der Waals surface area (Å²) in [4.78, 5) is 11.7. The van der Waals surface area contributed by atoms with Gasteiger partial charge in [0.25, 0.3) is 0 Å². The van der Waals surface area contributed by atoms with E-state index in [1.807, 2.05) is 0 Å². The highest BCUT2D eigenvalue weighted by atomic mass is 35.5. The Bertz CT molecular complexity index is 233. The fraction of sp³-hybridized carbons (Fsp3) is 0.929. The van der Waals surface area contributed by atoms with Gasteiger partial charge in [-0.1, -0.05) is 32.6 Å². The number of amides is 1. The predicted octanol–water partition coefficient (Wildman–Crippen LogP) is 2.25. The number of unbranched alkanes of at least 4 members (excludes halogenated alkanes) is 1. The highest BCUT2D eigenvalue weighted by Crippen LogP contribution is 2.26. The van der Waals surface area contributed by atoms with Crippen molar-refractivity contribution in [3.05, 3.63) is 0 Å². The average molecular weight is 293 g/mol. The summed E-state index contributed by atoms with van der Waals surface area (Å²) in [6, 6.07) is 0.132. The molecular weight excluding hydrogens is 264 g/mol. The zero-order chi connectivity index (χ0) is 13.2. The van der Waals surface area contributed by atoms with E-state index in [0.717, 1.165) is 12.8 Å². The number of ether oxygens (including phenoxy) is 1. The number of carbonyl (C=O) groups is 1. The van der Waals surface area contributed by atoms with E-state index in [0.29, 0.717) is 19.1 Å². The quantitative estimate of drug-likeness (QED) is 0.675. The molecule has 0 aromatic rings. The van der Waals surface area contributed by atoms with Gasteiger partial charge in [-0.3, -0.25) is 4.79 Å². The zero-order valence-corrected chi connectivity index (χ0v) is 12.8. The summed E-state index contributed by atoms with van der Waals surface area (Å²) in [5.74, 6) is 0.537. The highest BCUT2D eigenvalue weighted by molar-refractivity contribution is 5.85. The van der Waals surface area contributed by atoms with Crippen LogP contribution in [0.2, 0.25) is 0 Å². The molecule has 0 bridgehead atoms. The van der Waals surface area contributed by atoms with E-state index in [1.165, 1.54) is 32.1 Å². The summed E-state index contributed by atoms with van der Waals surface area (Å²) in [6.07, 6.45) is 8.35. The summed E-state index contributed by atoms with van der Waals surface area (Å²) < 4.78 is 5.32. The van der Waals surface area contributed by atoms with Gasteiger partial charge < -0.3 is 15.8 Å². The number of carbonyl (C=O) groups excluding carboxylic acids is 1. The Morgan fingerprint density at radius 2 is 2.05 bits per heavy atom. The van der Waals surface area contributed by atoms with Crippen LogP contribution < -0.4 is 11.1 Å². The van der Waals surface area contributed by atoms with Gasteiger partial charge in [0.15, 0.2) is 0 Å². The van der Waals surface area contributed by atoms with Crippen molar-refractivity contribution in [1.29, 1.82) is 0 Å². The largest absolute Gasteiger partial charge is 0.372 e. The Kier molecular flexibility index (Phi) is 11.3. The minimum atomic E-state index is -0.0212. The van der Waals surface area contributed by atoms with Crippen molar-refractivity contribution in [1.82, 2.24) is 5.32 Å². The maximum Gasteiger partial charge on any atom is 0.246 e. The summed E-state index contributed by atoms with van der Waals surface area (Å²) in [7, 11) is 0. The molecule has 1 saturated carbocycles. The van der Waals surface area contributed by atoms with Gasteiger partial charge in [0, 0.05) is 19.2 Å². The lowest BCUT2D eigenvalue weighted by atomic mass is 9.84. The SMILES string of the molecule is CCCCOCC(=O)NC(CN)C1CCCCC1.Cl. The normalized spacial score (nSPS) is 17.6. The van der Waals surface area contributed by atoms with E-state index in [1.54, 1.807) is 0 Å². The lowest BCUT2D eigenvalue weighted by Crippen LogP contribution is -2.47. The molecule has 1 fully saturated rings. The maximum absolute atomic E-state index is 11.7. The fourth-order valence-corrected chi connectivity index (χ4v) is 2.57. The van der Waals surface area contributed by atoms with Gasteiger partial charge in [0.2, 0.25) is 5.91 Å². The lowest BCUT2D eigenvalue weighted by Gasteiger charge is -2.30. The molecule has 0 radical (unpaired) electrons. The second-order valence-corrected chi connectivity index (χ2v) is 5.21. The van der Waals surface area contributed by atoms with Gasteiger partial charge in [-0.15, -0.1) is 12.4 Å². The smallest absolute Gasteiger partial charge is 0.246 e. The Morgan fingerprint density at radius 3 is 2.63 bits per heavy atom. The topological polar surface area (TPSA) is 64.3 Å². The number of nitrogens with one attached hydrogen (secondary N) is 1. The monoisotopic (exact) mass is 292 g/mol. The van der Waals surface area contributed by atoms with Crippen LogP contribution in [0.3, 0.4) is 0 Å². The molecule has 0 saturated heterocycles. The van der Waals surface area contributed by atoms with E-state index in [-0.39, 0.29) is 31.0 Å². The molecule has 1 rings (SSSR count). The summed E-state index contributed by atoms with van der Waals surface area (Å²) >= 11 is 0. The van der Waals surface area contributed by atoms with Gasteiger partial charge in [0.05, 0.1) is 0 Å². The van der Waals surface area contributed by atoms with Crippen LogP contribution in [-0.4, -0.2) is 31.7 Å². The molecule has 1 amide bonds. The van der Waals surface area contributed by atoms with Crippen molar-refractivity contribution in [2.24, 2.45) is 11.7 Å². The van der Waals surface area contributed by atoms with Crippen molar-refractivity contribution in [3.8, 4) is 0 Å². The standard InChI is InChI=1S/C14H28N2O2.ClH/c1-2-3-9-18-11-14(17)16-13(10-15)12-7-5-4-6-8-12;/h12-13H,2-11,15H2,1H3,(H,16,17);1H. The van der Waals surface area contributed by atoms with Crippen molar-refractivity contribution in [2.45, 2.75) is 57.9 Å². The van der Waals surface area contributed by atoms with Crippen LogP contribution in [0.15, 0.2) is 0 Å². The molecule has 0 heterocycles. The van der Waals surface area contributed by atoms with Gasteiger partial charge in [0.1, 0.15) is 6.61 Å². The number of rotatable bonds is 8. The molecule has 4 nitrogen and oxygen atoms in total. The molecule has 1 unspecified atom stereocenters. The van der Waals surface area contributed by atoms with E-state index < -0.39 is 0 Å². The van der Waals surface area contributed by atoms with Gasteiger partial charge >= 0.3 is 0 Å². The number of hydrogen-bond acceptors (Lipinski definition) is 3. The molecule has 19 heavy (non-hydrogen) atoms. The third-order valence-corrected chi connectivity index (χ3v) is 3.69. The van der Waals surface area contributed by atoms with Crippen molar-refractivity contribution in [2.75, 3.05) is 19.8 Å². The number of nitrogens with two attached hydrogens (primary N) is 1. The summed E-state index contributed by atoms with van der Waals surface area (Å²) in [6.45, 7) is 3.48. The van der Waals surface area contributed by atoms with Crippen LogP contribution in [0.1, 0.15) is 51.9 Å². The molecule has 1 aliphatic rings. The molecule has 0 aliphatic heterocycles. The van der Waals surface area contributed by atoms with Crippen LogP contribution >= 0.6 is 12.4 Å². The fourth-order valence-electron chi connectivity index (χ4n) is 2.57. The Balaban J connectivity index is 0.00000324. The Labute approximate surface area is 123 Å².